The van der Waals surface area contributed by atoms with E-state index in [9.17, 15) is 0 Å². The van der Waals surface area contributed by atoms with Crippen molar-refractivity contribution in [2.75, 3.05) is 6.61 Å². The van der Waals surface area contributed by atoms with Crippen molar-refractivity contribution >= 4 is 0 Å². The van der Waals surface area contributed by atoms with E-state index in [-0.39, 0.29) is 0 Å². The number of hydrogen-bond donors (Lipinski definition) is 0. The molecule has 3 rings (SSSR count). The van der Waals surface area contributed by atoms with E-state index >= 15 is 0 Å². The van der Waals surface area contributed by atoms with Crippen molar-refractivity contribution in [2.45, 2.75) is 13.3 Å². The van der Waals surface area contributed by atoms with E-state index in [1.165, 1.54) is 0 Å². The maximum atomic E-state index is 8.88. The molecule has 0 unspecified atom stereocenters. The highest BCUT2D eigenvalue weighted by molar-refractivity contribution is 5.69. The average Bonchev–Trinajstić information content (AvgIpc) is 2.72. The third kappa shape index (κ3) is 4.37. The van der Waals surface area contributed by atoms with Gasteiger partial charge in [-0.15, -0.1) is 0 Å². The van der Waals surface area contributed by atoms with Crippen LogP contribution in [0, 0.1) is 11.3 Å². The Morgan fingerprint density at radius 3 is 2.12 bits per heavy atom. The minimum absolute atomic E-state index is 0.564. The molecule has 0 radical (unpaired) electrons. The van der Waals surface area contributed by atoms with Crippen LogP contribution in [-0.2, 0) is 0 Å². The normalized spacial score (nSPS) is 10.6. The summed E-state index contributed by atoms with van der Waals surface area (Å²) in [6.07, 6.45) is 6.86. The fourth-order valence-corrected chi connectivity index (χ4v) is 2.59. The zero-order chi connectivity index (χ0) is 18.2. The van der Waals surface area contributed by atoms with Crippen LogP contribution in [0.4, 0.5) is 0 Å². The summed E-state index contributed by atoms with van der Waals surface area (Å²) in [4.78, 5) is 4.49. The van der Waals surface area contributed by atoms with Gasteiger partial charge in [-0.1, -0.05) is 55.5 Å². The maximum Gasteiger partial charge on any atom is 0.138 e. The average molecular weight is 340 g/mol. The van der Waals surface area contributed by atoms with E-state index in [1.54, 1.807) is 6.20 Å². The Bertz CT molecular complexity index is 902. The van der Waals surface area contributed by atoms with Crippen LogP contribution >= 0.6 is 0 Å². The second-order valence-corrected chi connectivity index (χ2v) is 5.84. The summed E-state index contributed by atoms with van der Waals surface area (Å²) in [5.41, 5.74) is 4.84. The van der Waals surface area contributed by atoms with Crippen LogP contribution in [0.25, 0.3) is 22.4 Å². The smallest absolute Gasteiger partial charge is 0.138 e. The van der Waals surface area contributed by atoms with Crippen LogP contribution in [0.1, 0.15) is 18.9 Å². The first kappa shape index (κ1) is 17.4. The summed E-state index contributed by atoms with van der Waals surface area (Å²) in [6.45, 7) is 2.66. The number of nitriles is 1. The van der Waals surface area contributed by atoms with Gasteiger partial charge in [0.05, 0.1) is 23.5 Å². The van der Waals surface area contributed by atoms with Gasteiger partial charge in [0.2, 0.25) is 0 Å². The first-order valence-electron chi connectivity index (χ1n) is 8.65. The SMILES string of the molecule is CC/C=C/COc1ccc(-c2ccc(-c3ccc(C#N)cc3)cc2)nc1. The molecule has 0 fully saturated rings. The van der Waals surface area contributed by atoms with Gasteiger partial charge in [0.1, 0.15) is 12.4 Å². The maximum absolute atomic E-state index is 8.88. The van der Waals surface area contributed by atoms with Crippen molar-refractivity contribution in [1.29, 1.82) is 5.26 Å². The molecule has 1 heterocycles. The number of benzene rings is 2. The van der Waals surface area contributed by atoms with Crippen molar-refractivity contribution < 1.29 is 4.74 Å². The summed E-state index contributed by atoms with van der Waals surface area (Å²) in [7, 11) is 0. The van der Waals surface area contributed by atoms with Gasteiger partial charge in [-0.3, -0.25) is 4.98 Å². The molecule has 0 aliphatic carbocycles. The Hall–Kier alpha value is -3.38. The molecule has 128 valence electrons. The van der Waals surface area contributed by atoms with Crippen LogP contribution in [0.15, 0.2) is 79.0 Å². The second kappa shape index (κ2) is 8.64. The molecule has 0 bridgehead atoms. The predicted molar refractivity (Wildman–Crippen MR) is 105 cm³/mol. The third-order valence-corrected chi connectivity index (χ3v) is 4.01. The first-order chi connectivity index (χ1) is 12.8. The predicted octanol–water partition coefficient (Wildman–Crippen LogP) is 5.63. The zero-order valence-electron chi connectivity index (χ0n) is 14.7. The van der Waals surface area contributed by atoms with Gasteiger partial charge in [-0.2, -0.15) is 5.26 Å². The molecular weight excluding hydrogens is 320 g/mol. The fourth-order valence-electron chi connectivity index (χ4n) is 2.59. The van der Waals surface area contributed by atoms with Crippen LogP contribution in [-0.4, -0.2) is 11.6 Å². The van der Waals surface area contributed by atoms with E-state index in [4.69, 9.17) is 10.00 Å². The number of rotatable bonds is 6. The number of pyridine rings is 1. The van der Waals surface area contributed by atoms with Gasteiger partial charge in [0, 0.05) is 5.56 Å². The van der Waals surface area contributed by atoms with Gasteiger partial charge in [0.25, 0.3) is 0 Å². The van der Waals surface area contributed by atoms with Crippen molar-refractivity contribution in [3.05, 3.63) is 84.6 Å². The molecule has 0 N–H and O–H groups in total. The Balaban J connectivity index is 1.69. The number of nitrogens with zero attached hydrogens (tertiary/aromatic N) is 2. The Morgan fingerprint density at radius 1 is 0.885 bits per heavy atom. The van der Waals surface area contributed by atoms with E-state index in [2.05, 4.69) is 48.3 Å². The molecule has 0 aliphatic rings. The molecule has 0 spiro atoms. The Kier molecular flexibility index (Phi) is 5.80. The zero-order valence-corrected chi connectivity index (χ0v) is 14.7. The quantitative estimate of drug-likeness (QED) is 0.546. The first-order valence-corrected chi connectivity index (χ1v) is 8.65. The monoisotopic (exact) mass is 340 g/mol. The summed E-state index contributed by atoms with van der Waals surface area (Å²) >= 11 is 0. The molecule has 3 aromatic rings. The molecule has 0 saturated carbocycles. The Labute approximate surface area is 154 Å². The minimum atomic E-state index is 0.564. The van der Waals surface area contributed by atoms with Crippen molar-refractivity contribution in [3.8, 4) is 34.2 Å². The highest BCUT2D eigenvalue weighted by Gasteiger charge is 2.03. The number of hydrogen-bond acceptors (Lipinski definition) is 3. The molecule has 1 aromatic heterocycles. The van der Waals surface area contributed by atoms with Crippen LogP contribution in [0.5, 0.6) is 5.75 Å². The summed E-state index contributed by atoms with van der Waals surface area (Å²) in [5.74, 6) is 0.767. The van der Waals surface area contributed by atoms with E-state index in [1.807, 2.05) is 42.5 Å². The van der Waals surface area contributed by atoms with Gasteiger partial charge in [-0.25, -0.2) is 0 Å². The molecule has 0 amide bonds. The molecule has 0 aliphatic heterocycles. The molecule has 3 nitrogen and oxygen atoms in total. The third-order valence-electron chi connectivity index (χ3n) is 4.01. The lowest BCUT2D eigenvalue weighted by atomic mass is 10.0. The fraction of sp³-hybridized carbons (Fsp3) is 0.130. The molecule has 0 atom stereocenters. The lowest BCUT2D eigenvalue weighted by Crippen LogP contribution is -1.94. The van der Waals surface area contributed by atoms with Gasteiger partial charge >= 0.3 is 0 Å². The highest BCUT2D eigenvalue weighted by atomic mass is 16.5. The van der Waals surface area contributed by atoms with Crippen molar-refractivity contribution in [3.63, 3.8) is 0 Å². The minimum Gasteiger partial charge on any atom is -0.488 e. The van der Waals surface area contributed by atoms with Crippen molar-refractivity contribution in [2.24, 2.45) is 0 Å². The highest BCUT2D eigenvalue weighted by Crippen LogP contribution is 2.25. The second-order valence-electron chi connectivity index (χ2n) is 5.84. The van der Waals surface area contributed by atoms with Crippen LogP contribution < -0.4 is 4.74 Å². The van der Waals surface area contributed by atoms with E-state index in [0.29, 0.717) is 12.2 Å². The molecular formula is C23H20N2O. The lowest BCUT2D eigenvalue weighted by Gasteiger charge is -2.06. The van der Waals surface area contributed by atoms with Crippen molar-refractivity contribution in [1.82, 2.24) is 4.98 Å². The number of allylic oxidation sites excluding steroid dienone is 1. The van der Waals surface area contributed by atoms with E-state index < -0.39 is 0 Å². The summed E-state index contributed by atoms with van der Waals surface area (Å²) < 4.78 is 5.62. The number of aromatic nitrogens is 1. The summed E-state index contributed by atoms with van der Waals surface area (Å²) in [6, 6.07) is 21.9. The number of ether oxygens (including phenoxy) is 1. The van der Waals surface area contributed by atoms with Gasteiger partial charge in [-0.05, 0) is 41.8 Å². The molecule has 2 aromatic carbocycles. The largest absolute Gasteiger partial charge is 0.488 e. The summed E-state index contributed by atoms with van der Waals surface area (Å²) in [5, 5.41) is 8.88. The topological polar surface area (TPSA) is 45.9 Å². The van der Waals surface area contributed by atoms with Crippen LogP contribution in [0.2, 0.25) is 0 Å². The molecule has 26 heavy (non-hydrogen) atoms. The molecule has 0 saturated heterocycles. The van der Waals surface area contributed by atoms with Gasteiger partial charge in [0.15, 0.2) is 0 Å². The molecule has 3 heteroatoms. The Morgan fingerprint density at radius 2 is 1.54 bits per heavy atom. The standard InChI is InChI=1S/C23H20N2O/c1-2-3-4-15-26-22-13-14-23(25-17-22)21-11-9-20(10-12-21)19-7-5-18(16-24)6-8-19/h3-14,17H,2,15H2,1H3/b4-3+. The van der Waals surface area contributed by atoms with Gasteiger partial charge < -0.3 is 4.74 Å². The van der Waals surface area contributed by atoms with E-state index in [0.717, 1.165) is 34.6 Å². The lowest BCUT2D eigenvalue weighted by molar-refractivity contribution is 0.361. The van der Waals surface area contributed by atoms with Crippen LogP contribution in [0.3, 0.4) is 0 Å².